The Hall–Kier alpha value is -1.32. The first-order chi connectivity index (χ1) is 4.72. The lowest BCUT2D eigenvalue weighted by atomic mass is 10.1. The molecule has 0 aliphatic carbocycles. The molecule has 0 spiro atoms. The van der Waals surface area contributed by atoms with Gasteiger partial charge in [0.2, 0.25) is 0 Å². The Balaban J connectivity index is 2.77. The van der Waals surface area contributed by atoms with Crippen LogP contribution in [0.15, 0.2) is 12.3 Å². The van der Waals surface area contributed by atoms with Gasteiger partial charge in [-0.3, -0.25) is 9.89 Å². The highest BCUT2D eigenvalue weighted by Crippen LogP contribution is 2.10. The summed E-state index contributed by atoms with van der Waals surface area (Å²) in [4.78, 5) is 10.3. The van der Waals surface area contributed by atoms with Gasteiger partial charge >= 0.3 is 5.97 Å². The number of rotatable bonds is 2. The van der Waals surface area contributed by atoms with E-state index in [2.05, 4.69) is 10.2 Å². The average molecular weight is 140 g/mol. The van der Waals surface area contributed by atoms with Crippen LogP contribution in [0.2, 0.25) is 0 Å². The molecule has 0 aromatic carbocycles. The van der Waals surface area contributed by atoms with Gasteiger partial charge in [0.25, 0.3) is 0 Å². The van der Waals surface area contributed by atoms with Gasteiger partial charge in [0.1, 0.15) is 0 Å². The van der Waals surface area contributed by atoms with Crippen LogP contribution in [0.1, 0.15) is 18.5 Å². The van der Waals surface area contributed by atoms with Gasteiger partial charge in [-0.15, -0.1) is 0 Å². The summed E-state index contributed by atoms with van der Waals surface area (Å²) in [5, 5.41) is 14.7. The molecule has 0 unspecified atom stereocenters. The minimum atomic E-state index is -0.843. The van der Waals surface area contributed by atoms with Gasteiger partial charge in [-0.1, -0.05) is 0 Å². The van der Waals surface area contributed by atoms with E-state index in [1.165, 1.54) is 6.20 Å². The molecular weight excluding hydrogens is 132 g/mol. The van der Waals surface area contributed by atoms with Crippen LogP contribution in [0.4, 0.5) is 0 Å². The Morgan fingerprint density at radius 1 is 1.90 bits per heavy atom. The first-order valence-corrected chi connectivity index (χ1v) is 2.94. The van der Waals surface area contributed by atoms with Gasteiger partial charge in [0, 0.05) is 11.9 Å². The van der Waals surface area contributed by atoms with E-state index in [1.54, 1.807) is 13.0 Å². The fraction of sp³-hybridized carbons (Fsp3) is 0.333. The third-order valence-electron chi connectivity index (χ3n) is 1.36. The zero-order valence-electron chi connectivity index (χ0n) is 5.53. The maximum Gasteiger partial charge on any atom is 0.312 e. The van der Waals surface area contributed by atoms with Crippen molar-refractivity contribution >= 4 is 5.97 Å². The highest BCUT2D eigenvalue weighted by molar-refractivity contribution is 5.74. The number of hydrogen-bond donors (Lipinski definition) is 2. The topological polar surface area (TPSA) is 66.0 Å². The average Bonchev–Trinajstić information content (AvgIpc) is 2.36. The number of carboxylic acids is 1. The molecule has 1 heterocycles. The Kier molecular flexibility index (Phi) is 1.71. The van der Waals surface area contributed by atoms with E-state index in [9.17, 15) is 4.79 Å². The van der Waals surface area contributed by atoms with Crippen LogP contribution in [-0.4, -0.2) is 21.3 Å². The second-order valence-corrected chi connectivity index (χ2v) is 2.07. The number of hydrogen-bond acceptors (Lipinski definition) is 2. The predicted octanol–water partition coefficient (Wildman–Crippen LogP) is 0.598. The quantitative estimate of drug-likeness (QED) is 0.632. The van der Waals surface area contributed by atoms with Crippen molar-refractivity contribution in [2.45, 2.75) is 12.8 Å². The van der Waals surface area contributed by atoms with E-state index in [-0.39, 0.29) is 0 Å². The second-order valence-electron chi connectivity index (χ2n) is 2.07. The molecule has 1 aromatic heterocycles. The SMILES string of the molecule is C[C@@H](C(=O)O)c1ccn[nH]1. The number of carboxylic acid groups (broad SMARTS) is 1. The number of H-pyrrole nitrogens is 1. The van der Waals surface area contributed by atoms with Crippen LogP contribution in [0.3, 0.4) is 0 Å². The Morgan fingerprint density at radius 3 is 3.00 bits per heavy atom. The lowest BCUT2D eigenvalue weighted by Crippen LogP contribution is -2.07. The van der Waals surface area contributed by atoms with Crippen LogP contribution in [-0.2, 0) is 4.79 Å². The first kappa shape index (κ1) is 6.80. The Labute approximate surface area is 57.9 Å². The van der Waals surface area contributed by atoms with Crippen molar-refractivity contribution in [1.29, 1.82) is 0 Å². The summed E-state index contributed by atoms with van der Waals surface area (Å²) in [6.45, 7) is 1.61. The Bertz CT molecular complexity index is 218. The standard InChI is InChI=1S/C6H8N2O2/c1-4(6(9)10)5-2-3-7-8-5/h2-4H,1H3,(H,7,8)(H,9,10)/t4-/m1/s1. The molecule has 0 radical (unpaired) electrons. The molecule has 1 rings (SSSR count). The normalized spacial score (nSPS) is 12.9. The first-order valence-electron chi connectivity index (χ1n) is 2.94. The molecule has 0 saturated heterocycles. The number of carbonyl (C=O) groups is 1. The van der Waals surface area contributed by atoms with Crippen molar-refractivity contribution in [2.75, 3.05) is 0 Å². The molecule has 2 N–H and O–H groups in total. The number of aromatic nitrogens is 2. The third-order valence-corrected chi connectivity index (χ3v) is 1.36. The van der Waals surface area contributed by atoms with Crippen molar-refractivity contribution in [1.82, 2.24) is 10.2 Å². The summed E-state index contributed by atoms with van der Waals surface area (Å²) >= 11 is 0. The van der Waals surface area contributed by atoms with E-state index >= 15 is 0 Å². The molecule has 10 heavy (non-hydrogen) atoms. The van der Waals surface area contributed by atoms with Crippen LogP contribution < -0.4 is 0 Å². The van der Waals surface area contributed by atoms with E-state index in [1.807, 2.05) is 0 Å². The molecule has 0 bridgehead atoms. The molecule has 0 aliphatic rings. The number of nitrogens with zero attached hydrogens (tertiary/aromatic N) is 1. The maximum atomic E-state index is 10.3. The van der Waals surface area contributed by atoms with Gasteiger partial charge in [0.15, 0.2) is 0 Å². The lowest BCUT2D eigenvalue weighted by Gasteiger charge is -1.99. The maximum absolute atomic E-state index is 10.3. The molecular formula is C6H8N2O2. The monoisotopic (exact) mass is 140 g/mol. The van der Waals surface area contributed by atoms with Crippen LogP contribution in [0, 0.1) is 0 Å². The van der Waals surface area contributed by atoms with Crippen molar-refractivity contribution in [2.24, 2.45) is 0 Å². The van der Waals surface area contributed by atoms with Crippen molar-refractivity contribution in [3.05, 3.63) is 18.0 Å². The van der Waals surface area contributed by atoms with Gasteiger partial charge in [-0.05, 0) is 13.0 Å². The lowest BCUT2D eigenvalue weighted by molar-refractivity contribution is -0.138. The van der Waals surface area contributed by atoms with E-state index in [0.29, 0.717) is 5.69 Å². The predicted molar refractivity (Wildman–Crippen MR) is 34.6 cm³/mol. The van der Waals surface area contributed by atoms with Crippen molar-refractivity contribution < 1.29 is 9.90 Å². The van der Waals surface area contributed by atoms with Gasteiger partial charge < -0.3 is 5.11 Å². The van der Waals surface area contributed by atoms with Crippen molar-refractivity contribution in [3.63, 3.8) is 0 Å². The fourth-order valence-electron chi connectivity index (χ4n) is 0.641. The summed E-state index contributed by atoms with van der Waals surface area (Å²) in [5.41, 5.74) is 0.632. The number of nitrogens with one attached hydrogen (secondary N) is 1. The highest BCUT2D eigenvalue weighted by Gasteiger charge is 2.13. The van der Waals surface area contributed by atoms with Crippen molar-refractivity contribution in [3.8, 4) is 0 Å². The molecule has 1 aromatic rings. The van der Waals surface area contributed by atoms with Gasteiger partial charge in [0.05, 0.1) is 5.92 Å². The second kappa shape index (κ2) is 2.51. The molecule has 0 fully saturated rings. The zero-order valence-corrected chi connectivity index (χ0v) is 5.53. The molecule has 1 atom stereocenters. The minimum absolute atomic E-state index is 0.498. The number of aliphatic carboxylic acids is 1. The molecule has 0 saturated carbocycles. The smallest absolute Gasteiger partial charge is 0.312 e. The van der Waals surface area contributed by atoms with E-state index < -0.39 is 11.9 Å². The highest BCUT2D eigenvalue weighted by atomic mass is 16.4. The molecule has 0 amide bonds. The van der Waals surface area contributed by atoms with Crippen LogP contribution in [0.25, 0.3) is 0 Å². The number of aromatic amines is 1. The van der Waals surface area contributed by atoms with E-state index in [4.69, 9.17) is 5.11 Å². The summed E-state index contributed by atoms with van der Waals surface area (Å²) < 4.78 is 0. The summed E-state index contributed by atoms with van der Waals surface area (Å²) in [7, 11) is 0. The minimum Gasteiger partial charge on any atom is -0.481 e. The van der Waals surface area contributed by atoms with Gasteiger partial charge in [-0.25, -0.2) is 0 Å². The molecule has 0 aliphatic heterocycles. The zero-order chi connectivity index (χ0) is 7.56. The fourth-order valence-corrected chi connectivity index (χ4v) is 0.641. The molecule has 4 heteroatoms. The third kappa shape index (κ3) is 1.15. The summed E-state index contributed by atoms with van der Waals surface area (Å²) in [5.74, 6) is -1.34. The van der Waals surface area contributed by atoms with Crippen LogP contribution >= 0.6 is 0 Å². The summed E-state index contributed by atoms with van der Waals surface area (Å²) in [6, 6.07) is 1.65. The Morgan fingerprint density at radius 2 is 2.60 bits per heavy atom. The van der Waals surface area contributed by atoms with E-state index in [0.717, 1.165) is 0 Å². The molecule has 4 nitrogen and oxygen atoms in total. The molecule has 54 valence electrons. The van der Waals surface area contributed by atoms with Gasteiger partial charge in [-0.2, -0.15) is 5.10 Å². The van der Waals surface area contributed by atoms with Crippen LogP contribution in [0.5, 0.6) is 0 Å². The largest absolute Gasteiger partial charge is 0.481 e. The summed E-state index contributed by atoms with van der Waals surface area (Å²) in [6.07, 6.45) is 1.54.